The Hall–Kier alpha value is -6.39. The lowest BCUT2D eigenvalue weighted by Crippen LogP contribution is -2.33. The van der Waals surface area contributed by atoms with E-state index in [-0.39, 0.29) is 6.17 Å². The van der Waals surface area contributed by atoms with Gasteiger partial charge in [-0.25, -0.2) is 9.98 Å². The third-order valence-electron chi connectivity index (χ3n) is 9.20. The fraction of sp³-hybridized carbons (Fsp3) is 0.0227. The molecule has 1 unspecified atom stereocenters. The molecule has 2 heterocycles. The van der Waals surface area contributed by atoms with Crippen molar-refractivity contribution in [3.63, 3.8) is 0 Å². The molecule has 4 heteroatoms. The summed E-state index contributed by atoms with van der Waals surface area (Å²) in [6.45, 7) is 0. The summed E-state index contributed by atoms with van der Waals surface area (Å²) in [6.07, 6.45) is 1.56. The first-order valence-electron chi connectivity index (χ1n) is 16.2. The van der Waals surface area contributed by atoms with Crippen LogP contribution in [0.2, 0.25) is 0 Å². The van der Waals surface area contributed by atoms with E-state index in [9.17, 15) is 0 Å². The molecule has 48 heavy (non-hydrogen) atoms. The number of nitrogens with one attached hydrogen (secondary N) is 1. The van der Waals surface area contributed by atoms with Gasteiger partial charge in [0.25, 0.3) is 0 Å². The fourth-order valence-corrected chi connectivity index (χ4v) is 6.76. The van der Waals surface area contributed by atoms with Gasteiger partial charge in [-0.3, -0.25) is 4.98 Å². The van der Waals surface area contributed by atoms with E-state index < -0.39 is 0 Å². The van der Waals surface area contributed by atoms with Crippen LogP contribution >= 0.6 is 0 Å². The van der Waals surface area contributed by atoms with Crippen molar-refractivity contribution in [1.82, 2.24) is 10.3 Å². The maximum Gasteiger partial charge on any atom is 0.159 e. The minimum atomic E-state index is -0.257. The molecule has 0 aliphatic carbocycles. The van der Waals surface area contributed by atoms with Crippen molar-refractivity contribution in [3.8, 4) is 22.4 Å². The molecular formula is C44H30N4. The second-order valence-electron chi connectivity index (χ2n) is 12.1. The number of aliphatic imine (C=N–C) groups is 2. The normalized spacial score (nSPS) is 14.5. The molecular weight excluding hydrogens is 585 g/mol. The highest BCUT2D eigenvalue weighted by Crippen LogP contribution is 2.37. The van der Waals surface area contributed by atoms with E-state index in [4.69, 9.17) is 9.98 Å². The van der Waals surface area contributed by atoms with E-state index in [0.29, 0.717) is 5.84 Å². The SMILES string of the molecule is c1ccc(C2N=C(c3ccc(-c4ccc5c6ccccc6c6ccccc6c5c4)cc3)N=C(c3ccc(-c4ccccn4)cc3)N2)cc1. The molecule has 1 aliphatic rings. The lowest BCUT2D eigenvalue weighted by molar-refractivity contribution is 0.674. The molecule has 0 saturated heterocycles. The Morgan fingerprint density at radius 1 is 0.417 bits per heavy atom. The Bertz CT molecular complexity index is 2460. The van der Waals surface area contributed by atoms with Gasteiger partial charge in [-0.15, -0.1) is 0 Å². The zero-order valence-corrected chi connectivity index (χ0v) is 26.1. The Morgan fingerprint density at radius 2 is 0.958 bits per heavy atom. The quantitative estimate of drug-likeness (QED) is 0.196. The van der Waals surface area contributed by atoms with E-state index in [1.165, 1.54) is 37.9 Å². The summed E-state index contributed by atoms with van der Waals surface area (Å²) in [5.41, 5.74) is 7.40. The minimum absolute atomic E-state index is 0.257. The zero-order chi connectivity index (χ0) is 31.9. The Morgan fingerprint density at radius 3 is 1.62 bits per heavy atom. The molecule has 7 aromatic carbocycles. The highest BCUT2D eigenvalue weighted by atomic mass is 15.2. The molecule has 0 saturated carbocycles. The standard InChI is InChI=1S/C44H30N4/c1-2-10-31(11-3-1)42-46-43(48-44(47-42)33-23-19-30(20-24-33)41-16-8-9-27-45-41)32-21-17-29(18-22-32)34-25-26-39-37-14-5-4-12-35(37)36-13-6-7-15-38(36)40(39)28-34/h1-28,42H,(H,46,47,48). The van der Waals surface area contributed by atoms with E-state index >= 15 is 0 Å². The van der Waals surface area contributed by atoms with Crippen LogP contribution in [0.25, 0.3) is 54.7 Å². The summed E-state index contributed by atoms with van der Waals surface area (Å²) in [7, 11) is 0. The first-order chi connectivity index (χ1) is 23.8. The molecule has 1 atom stereocenters. The average Bonchev–Trinajstić information content (AvgIpc) is 3.18. The molecule has 0 fully saturated rings. The predicted octanol–water partition coefficient (Wildman–Crippen LogP) is 10.4. The molecule has 226 valence electrons. The van der Waals surface area contributed by atoms with Crippen LogP contribution in [-0.2, 0) is 0 Å². The first-order valence-corrected chi connectivity index (χ1v) is 16.2. The van der Waals surface area contributed by atoms with Crippen LogP contribution in [0.15, 0.2) is 180 Å². The van der Waals surface area contributed by atoms with Gasteiger partial charge in [0.05, 0.1) is 5.69 Å². The highest BCUT2D eigenvalue weighted by Gasteiger charge is 2.21. The summed E-state index contributed by atoms with van der Waals surface area (Å²) in [4.78, 5) is 14.6. The minimum Gasteiger partial charge on any atom is -0.344 e. The number of hydrogen-bond acceptors (Lipinski definition) is 4. The van der Waals surface area contributed by atoms with E-state index in [0.717, 1.165) is 39.3 Å². The maximum atomic E-state index is 5.08. The van der Waals surface area contributed by atoms with Crippen LogP contribution in [0.4, 0.5) is 0 Å². The Labute approximate surface area is 278 Å². The smallest absolute Gasteiger partial charge is 0.159 e. The van der Waals surface area contributed by atoms with Gasteiger partial charge in [0.1, 0.15) is 12.0 Å². The first kappa shape index (κ1) is 27.9. The lowest BCUT2D eigenvalue weighted by atomic mass is 9.92. The lowest BCUT2D eigenvalue weighted by Gasteiger charge is -2.23. The number of fused-ring (bicyclic) bond motifs is 6. The van der Waals surface area contributed by atoms with E-state index in [1.54, 1.807) is 0 Å². The van der Waals surface area contributed by atoms with E-state index in [2.05, 4.69) is 138 Å². The van der Waals surface area contributed by atoms with Crippen LogP contribution in [0, 0.1) is 0 Å². The molecule has 9 rings (SSSR count). The summed E-state index contributed by atoms with van der Waals surface area (Å²) in [5.74, 6) is 1.49. The van der Waals surface area contributed by atoms with Crippen LogP contribution in [0.1, 0.15) is 22.9 Å². The second-order valence-corrected chi connectivity index (χ2v) is 12.1. The van der Waals surface area contributed by atoms with Gasteiger partial charge < -0.3 is 5.32 Å². The van der Waals surface area contributed by atoms with Crippen LogP contribution in [-0.4, -0.2) is 16.7 Å². The zero-order valence-electron chi connectivity index (χ0n) is 26.1. The molecule has 1 aliphatic heterocycles. The highest BCUT2D eigenvalue weighted by molar-refractivity contribution is 6.25. The second kappa shape index (κ2) is 11.8. The average molecular weight is 615 g/mol. The largest absolute Gasteiger partial charge is 0.344 e. The summed E-state index contributed by atoms with van der Waals surface area (Å²) in [6, 6.07) is 57.5. The summed E-state index contributed by atoms with van der Waals surface area (Å²) >= 11 is 0. The number of nitrogens with zero attached hydrogens (tertiary/aromatic N) is 3. The maximum absolute atomic E-state index is 5.08. The van der Waals surface area contributed by atoms with Crippen LogP contribution in [0.3, 0.4) is 0 Å². The molecule has 4 nitrogen and oxygen atoms in total. The third-order valence-corrected chi connectivity index (χ3v) is 9.20. The van der Waals surface area contributed by atoms with Gasteiger partial charge in [-0.05, 0) is 67.2 Å². The number of rotatable bonds is 5. The number of pyridine rings is 1. The van der Waals surface area contributed by atoms with Crippen molar-refractivity contribution < 1.29 is 0 Å². The van der Waals surface area contributed by atoms with Crippen molar-refractivity contribution in [1.29, 1.82) is 0 Å². The van der Waals surface area contributed by atoms with Crippen molar-refractivity contribution >= 4 is 44.0 Å². The van der Waals surface area contributed by atoms with Gasteiger partial charge in [-0.1, -0.05) is 146 Å². The van der Waals surface area contributed by atoms with Gasteiger partial charge in [0, 0.05) is 22.9 Å². The summed E-state index contributed by atoms with van der Waals surface area (Å²) in [5, 5.41) is 11.2. The van der Waals surface area contributed by atoms with Crippen molar-refractivity contribution in [2.45, 2.75) is 6.17 Å². The number of benzene rings is 7. The molecule has 0 bridgehead atoms. The Kier molecular flexibility index (Phi) is 6.83. The monoisotopic (exact) mass is 614 g/mol. The number of hydrogen-bond donors (Lipinski definition) is 1. The molecule has 1 N–H and O–H groups in total. The van der Waals surface area contributed by atoms with E-state index in [1.807, 2.05) is 42.6 Å². The van der Waals surface area contributed by atoms with Crippen molar-refractivity contribution in [2.24, 2.45) is 9.98 Å². The van der Waals surface area contributed by atoms with Gasteiger partial charge >= 0.3 is 0 Å². The molecule has 1 aromatic heterocycles. The van der Waals surface area contributed by atoms with Gasteiger partial charge in [0.15, 0.2) is 5.84 Å². The van der Waals surface area contributed by atoms with Crippen LogP contribution in [0.5, 0.6) is 0 Å². The number of aromatic nitrogens is 1. The topological polar surface area (TPSA) is 49.6 Å². The third kappa shape index (κ3) is 5.01. The predicted molar refractivity (Wildman–Crippen MR) is 199 cm³/mol. The van der Waals surface area contributed by atoms with Crippen molar-refractivity contribution in [3.05, 3.63) is 187 Å². The summed E-state index contributed by atoms with van der Waals surface area (Å²) < 4.78 is 0. The van der Waals surface area contributed by atoms with Crippen molar-refractivity contribution in [2.75, 3.05) is 0 Å². The number of amidine groups is 2. The molecule has 0 spiro atoms. The van der Waals surface area contributed by atoms with Gasteiger partial charge in [-0.2, -0.15) is 0 Å². The van der Waals surface area contributed by atoms with Gasteiger partial charge in [0.2, 0.25) is 0 Å². The molecule has 0 amide bonds. The van der Waals surface area contributed by atoms with Crippen LogP contribution < -0.4 is 5.32 Å². The molecule has 0 radical (unpaired) electrons. The molecule has 8 aromatic rings. The Balaban J connectivity index is 1.09. The fourth-order valence-electron chi connectivity index (χ4n) is 6.76.